The van der Waals surface area contributed by atoms with Gasteiger partial charge >= 0.3 is 0 Å². The van der Waals surface area contributed by atoms with E-state index in [0.29, 0.717) is 11.8 Å². The standard InChI is InChI=1S/C16H18FN3O2/c1-3-12(10-7-8(10)2)18-16(22)14-15(21)9-5-4-6-11(17)13(9)19-20-14/h4-6,8,10,12H,3,7H2,1-2H3,(H,18,22)(H,19,21). The summed E-state index contributed by atoms with van der Waals surface area (Å²) in [5.74, 6) is -0.00113. The number of rotatable bonds is 4. The van der Waals surface area contributed by atoms with Crippen LogP contribution in [-0.2, 0) is 0 Å². The van der Waals surface area contributed by atoms with Gasteiger partial charge < -0.3 is 5.32 Å². The van der Waals surface area contributed by atoms with Crippen LogP contribution in [0, 0.1) is 17.7 Å². The zero-order valence-corrected chi connectivity index (χ0v) is 12.5. The summed E-state index contributed by atoms with van der Waals surface area (Å²) in [5.41, 5.74) is -0.749. The van der Waals surface area contributed by atoms with Crippen molar-refractivity contribution in [3.63, 3.8) is 0 Å². The molecule has 1 amide bonds. The Hall–Kier alpha value is -2.24. The lowest BCUT2D eigenvalue weighted by atomic mass is 10.1. The summed E-state index contributed by atoms with van der Waals surface area (Å²) in [5, 5.41) is 9.24. The molecule has 3 rings (SSSR count). The predicted molar refractivity (Wildman–Crippen MR) is 81.1 cm³/mol. The summed E-state index contributed by atoms with van der Waals surface area (Å²) in [6.45, 7) is 4.15. The zero-order chi connectivity index (χ0) is 15.9. The molecule has 2 aromatic rings. The number of fused-ring (bicyclic) bond motifs is 1. The summed E-state index contributed by atoms with van der Waals surface area (Å²) in [7, 11) is 0. The number of nitrogens with zero attached hydrogens (tertiary/aromatic N) is 1. The summed E-state index contributed by atoms with van der Waals surface area (Å²) in [4.78, 5) is 24.6. The minimum atomic E-state index is -0.563. The Balaban J connectivity index is 1.91. The molecule has 0 radical (unpaired) electrons. The van der Waals surface area contributed by atoms with Crippen molar-refractivity contribution in [2.24, 2.45) is 11.8 Å². The molecule has 1 heterocycles. The molecular formula is C16H18FN3O2. The quantitative estimate of drug-likeness (QED) is 0.909. The highest BCUT2D eigenvalue weighted by Gasteiger charge is 2.39. The van der Waals surface area contributed by atoms with Gasteiger partial charge in [0.2, 0.25) is 5.43 Å². The van der Waals surface area contributed by atoms with Crippen LogP contribution < -0.4 is 10.7 Å². The van der Waals surface area contributed by atoms with Gasteiger partial charge in [-0.1, -0.05) is 19.9 Å². The van der Waals surface area contributed by atoms with Gasteiger partial charge in [0, 0.05) is 6.04 Å². The molecule has 1 aromatic carbocycles. The SMILES string of the molecule is CCC(NC(=O)c1n[nH]c2c(F)cccc2c1=O)C1CC1C. The van der Waals surface area contributed by atoms with Crippen LogP contribution in [-0.4, -0.2) is 22.1 Å². The molecule has 0 saturated heterocycles. The average molecular weight is 303 g/mol. The number of carbonyl (C=O) groups is 1. The molecule has 1 aliphatic carbocycles. The van der Waals surface area contributed by atoms with E-state index in [0.717, 1.165) is 12.8 Å². The van der Waals surface area contributed by atoms with Gasteiger partial charge in [-0.25, -0.2) is 4.39 Å². The fourth-order valence-electron chi connectivity index (χ4n) is 2.93. The maximum Gasteiger partial charge on any atom is 0.276 e. The first kappa shape index (κ1) is 14.7. The lowest BCUT2D eigenvalue weighted by molar-refractivity contribution is 0.0922. The topological polar surface area (TPSA) is 74.8 Å². The van der Waals surface area contributed by atoms with Crippen LogP contribution >= 0.6 is 0 Å². The van der Waals surface area contributed by atoms with E-state index < -0.39 is 17.2 Å². The third kappa shape index (κ3) is 2.49. The third-order valence-electron chi connectivity index (χ3n) is 4.41. The maximum atomic E-state index is 13.6. The summed E-state index contributed by atoms with van der Waals surface area (Å²) < 4.78 is 13.6. The lowest BCUT2D eigenvalue weighted by Crippen LogP contribution is -2.39. The van der Waals surface area contributed by atoms with Crippen molar-refractivity contribution in [1.29, 1.82) is 0 Å². The molecule has 6 heteroatoms. The van der Waals surface area contributed by atoms with Crippen molar-refractivity contribution in [2.45, 2.75) is 32.7 Å². The van der Waals surface area contributed by atoms with Gasteiger partial charge in [0.25, 0.3) is 5.91 Å². The molecule has 5 nitrogen and oxygen atoms in total. The lowest BCUT2D eigenvalue weighted by Gasteiger charge is -2.16. The maximum absolute atomic E-state index is 13.6. The molecule has 116 valence electrons. The number of aromatic amines is 1. The highest BCUT2D eigenvalue weighted by atomic mass is 19.1. The Morgan fingerprint density at radius 2 is 2.27 bits per heavy atom. The number of carbonyl (C=O) groups excluding carboxylic acids is 1. The normalized spacial score (nSPS) is 21.6. The minimum Gasteiger partial charge on any atom is -0.348 e. The first-order valence-corrected chi connectivity index (χ1v) is 7.50. The first-order valence-electron chi connectivity index (χ1n) is 7.50. The van der Waals surface area contributed by atoms with Gasteiger partial charge in [-0.3, -0.25) is 14.7 Å². The van der Waals surface area contributed by atoms with Gasteiger partial charge in [-0.05, 0) is 36.8 Å². The molecule has 2 N–H and O–H groups in total. The van der Waals surface area contributed by atoms with E-state index in [1.165, 1.54) is 18.2 Å². The van der Waals surface area contributed by atoms with Crippen LogP contribution in [0.15, 0.2) is 23.0 Å². The summed E-state index contributed by atoms with van der Waals surface area (Å²) in [6.07, 6.45) is 1.90. The summed E-state index contributed by atoms with van der Waals surface area (Å²) in [6, 6.07) is 4.21. The molecule has 0 aliphatic heterocycles. The fourth-order valence-corrected chi connectivity index (χ4v) is 2.93. The van der Waals surface area contributed by atoms with Crippen LogP contribution in [0.2, 0.25) is 0 Å². The molecule has 1 fully saturated rings. The molecule has 0 bridgehead atoms. The predicted octanol–water partition coefficient (Wildman–Crippen LogP) is 2.23. The number of halogens is 1. The first-order chi connectivity index (χ1) is 10.5. The van der Waals surface area contributed by atoms with E-state index in [1.54, 1.807) is 0 Å². The Morgan fingerprint density at radius 3 is 2.91 bits per heavy atom. The highest BCUT2D eigenvalue weighted by molar-refractivity contribution is 5.95. The number of amides is 1. The van der Waals surface area contributed by atoms with Crippen molar-refractivity contribution < 1.29 is 9.18 Å². The van der Waals surface area contributed by atoms with Crippen LogP contribution in [0.1, 0.15) is 37.2 Å². The van der Waals surface area contributed by atoms with E-state index in [2.05, 4.69) is 22.4 Å². The number of hydrogen-bond acceptors (Lipinski definition) is 3. The molecule has 1 saturated carbocycles. The highest BCUT2D eigenvalue weighted by Crippen LogP contribution is 2.41. The van der Waals surface area contributed by atoms with Gasteiger partial charge in [0.1, 0.15) is 11.3 Å². The number of hydrogen-bond donors (Lipinski definition) is 2. The van der Waals surface area contributed by atoms with Crippen molar-refractivity contribution >= 4 is 16.8 Å². The van der Waals surface area contributed by atoms with Crippen molar-refractivity contribution in [1.82, 2.24) is 15.5 Å². The van der Waals surface area contributed by atoms with Crippen LogP contribution in [0.5, 0.6) is 0 Å². The van der Waals surface area contributed by atoms with Crippen LogP contribution in [0.25, 0.3) is 10.9 Å². The zero-order valence-electron chi connectivity index (χ0n) is 12.5. The second-order valence-corrected chi connectivity index (χ2v) is 5.93. The van der Waals surface area contributed by atoms with Gasteiger partial charge in [-0.15, -0.1) is 0 Å². The van der Waals surface area contributed by atoms with Gasteiger partial charge in [0.15, 0.2) is 5.69 Å². The molecule has 3 unspecified atom stereocenters. The van der Waals surface area contributed by atoms with E-state index in [1.807, 2.05) is 6.92 Å². The van der Waals surface area contributed by atoms with Crippen molar-refractivity contribution in [2.75, 3.05) is 0 Å². The van der Waals surface area contributed by atoms with Crippen molar-refractivity contribution in [3.8, 4) is 0 Å². The Bertz CT molecular complexity index is 787. The van der Waals surface area contributed by atoms with E-state index >= 15 is 0 Å². The summed E-state index contributed by atoms with van der Waals surface area (Å²) >= 11 is 0. The second-order valence-electron chi connectivity index (χ2n) is 5.93. The van der Waals surface area contributed by atoms with Crippen molar-refractivity contribution in [3.05, 3.63) is 39.9 Å². The third-order valence-corrected chi connectivity index (χ3v) is 4.41. The molecule has 1 aromatic heterocycles. The molecule has 3 atom stereocenters. The van der Waals surface area contributed by atoms with E-state index in [9.17, 15) is 14.0 Å². The molecule has 0 spiro atoms. The van der Waals surface area contributed by atoms with Crippen LogP contribution in [0.3, 0.4) is 0 Å². The number of nitrogens with one attached hydrogen (secondary N) is 2. The van der Waals surface area contributed by atoms with Gasteiger partial charge in [0.05, 0.1) is 5.39 Å². The van der Waals surface area contributed by atoms with Gasteiger partial charge in [-0.2, -0.15) is 5.10 Å². The minimum absolute atomic E-state index is 0.0203. The largest absolute Gasteiger partial charge is 0.348 e. The fraction of sp³-hybridized carbons (Fsp3) is 0.438. The van der Waals surface area contributed by atoms with E-state index in [4.69, 9.17) is 0 Å². The number of aromatic nitrogens is 2. The Kier molecular flexibility index (Phi) is 3.68. The molecular weight excluding hydrogens is 285 g/mol. The number of H-pyrrole nitrogens is 1. The smallest absolute Gasteiger partial charge is 0.276 e. The van der Waals surface area contributed by atoms with Crippen LogP contribution in [0.4, 0.5) is 4.39 Å². The molecule has 22 heavy (non-hydrogen) atoms. The number of benzene rings is 1. The van der Waals surface area contributed by atoms with E-state index in [-0.39, 0.29) is 22.6 Å². The average Bonchev–Trinajstić information content (AvgIpc) is 3.22. The number of para-hydroxylation sites is 1. The Labute approximate surface area is 126 Å². The molecule has 1 aliphatic rings. The second kappa shape index (κ2) is 5.51. The Morgan fingerprint density at radius 1 is 1.55 bits per heavy atom. The monoisotopic (exact) mass is 303 g/mol.